The summed E-state index contributed by atoms with van der Waals surface area (Å²) in [5.74, 6) is 1.47. The molecule has 0 saturated carbocycles. The van der Waals surface area contributed by atoms with Crippen molar-refractivity contribution in [2.75, 3.05) is 18.5 Å². The number of carbonyl (C=O) groups excluding carboxylic acids is 1. The van der Waals surface area contributed by atoms with Crippen LogP contribution in [0.2, 0.25) is 0 Å². The third-order valence-corrected chi connectivity index (χ3v) is 3.89. The zero-order chi connectivity index (χ0) is 19.2. The Bertz CT molecular complexity index is 729. The molecule has 0 saturated heterocycles. The minimum absolute atomic E-state index is 0.0839. The molecular weight excluding hydrogens is 402 g/mol. The second kappa shape index (κ2) is 8.88. The summed E-state index contributed by atoms with van der Waals surface area (Å²) in [6.07, 6.45) is 1.43. The zero-order valence-corrected chi connectivity index (χ0v) is 16.9. The van der Waals surface area contributed by atoms with Crippen molar-refractivity contribution in [3.8, 4) is 11.5 Å². The number of ether oxygens (including phenoxy) is 2. The van der Waals surface area contributed by atoms with E-state index in [4.69, 9.17) is 9.47 Å². The predicted octanol–water partition coefficient (Wildman–Crippen LogP) is 2.87. The number of hydrogen-bond donors (Lipinski definition) is 3. The Labute approximate surface area is 161 Å². The SMILES string of the molecule is CCOc1cc(CNc2ncn[nH]2)c(Br)cc1OCC(=O)NC(C)(C)C. The molecule has 0 aliphatic heterocycles. The standard InChI is InChI=1S/C17H24BrN5O3/c1-5-25-13-6-11(8-19-16-20-10-21-23-16)12(18)7-14(13)26-9-15(24)22-17(2,3)4/h6-7,10H,5,8-9H2,1-4H3,(H,22,24)(H2,19,20,21,23). The number of halogens is 1. The van der Waals surface area contributed by atoms with Crippen LogP contribution in [0.1, 0.15) is 33.3 Å². The van der Waals surface area contributed by atoms with Crippen molar-refractivity contribution < 1.29 is 14.3 Å². The quantitative estimate of drug-likeness (QED) is 0.600. The fourth-order valence-corrected chi connectivity index (χ4v) is 2.62. The number of anilines is 1. The van der Waals surface area contributed by atoms with Gasteiger partial charge in [-0.25, -0.2) is 10.1 Å². The van der Waals surface area contributed by atoms with Gasteiger partial charge in [-0.3, -0.25) is 4.79 Å². The highest BCUT2D eigenvalue weighted by Gasteiger charge is 2.16. The molecule has 3 N–H and O–H groups in total. The average molecular weight is 426 g/mol. The van der Waals surface area contributed by atoms with Gasteiger partial charge in [0.25, 0.3) is 5.91 Å². The molecule has 0 radical (unpaired) electrons. The van der Waals surface area contributed by atoms with Crippen LogP contribution in [-0.4, -0.2) is 39.8 Å². The molecule has 0 spiro atoms. The number of carbonyl (C=O) groups is 1. The highest BCUT2D eigenvalue weighted by Crippen LogP contribution is 2.34. The molecule has 0 atom stereocenters. The van der Waals surface area contributed by atoms with Crippen molar-refractivity contribution in [3.63, 3.8) is 0 Å². The zero-order valence-electron chi connectivity index (χ0n) is 15.4. The number of aromatic nitrogens is 3. The smallest absolute Gasteiger partial charge is 0.258 e. The maximum absolute atomic E-state index is 12.0. The number of benzene rings is 1. The summed E-state index contributed by atoms with van der Waals surface area (Å²) < 4.78 is 12.2. The van der Waals surface area contributed by atoms with Crippen LogP contribution < -0.4 is 20.1 Å². The lowest BCUT2D eigenvalue weighted by Gasteiger charge is -2.21. The second-order valence-corrected chi connectivity index (χ2v) is 7.45. The van der Waals surface area contributed by atoms with Crippen LogP contribution in [0.15, 0.2) is 22.9 Å². The lowest BCUT2D eigenvalue weighted by Crippen LogP contribution is -2.43. The highest BCUT2D eigenvalue weighted by atomic mass is 79.9. The number of nitrogens with zero attached hydrogens (tertiary/aromatic N) is 2. The third kappa shape index (κ3) is 6.21. The molecule has 2 rings (SSSR count). The lowest BCUT2D eigenvalue weighted by atomic mass is 10.1. The van der Waals surface area contributed by atoms with E-state index in [1.165, 1.54) is 6.33 Å². The molecule has 0 fully saturated rings. The van der Waals surface area contributed by atoms with Crippen molar-refractivity contribution in [2.45, 2.75) is 39.8 Å². The van der Waals surface area contributed by atoms with Crippen LogP contribution in [-0.2, 0) is 11.3 Å². The van der Waals surface area contributed by atoms with Gasteiger partial charge < -0.3 is 20.1 Å². The summed E-state index contributed by atoms with van der Waals surface area (Å²) in [5, 5.41) is 12.5. The normalized spacial score (nSPS) is 11.1. The van der Waals surface area contributed by atoms with Crippen LogP contribution in [0.4, 0.5) is 5.95 Å². The first kappa shape index (κ1) is 20.0. The number of nitrogens with one attached hydrogen (secondary N) is 3. The number of hydrogen-bond acceptors (Lipinski definition) is 6. The van der Waals surface area contributed by atoms with Gasteiger partial charge in [0.2, 0.25) is 5.95 Å². The van der Waals surface area contributed by atoms with Crippen molar-refractivity contribution >= 4 is 27.8 Å². The molecule has 1 heterocycles. The molecule has 0 bridgehead atoms. The van der Waals surface area contributed by atoms with Gasteiger partial charge in [0, 0.05) is 16.6 Å². The molecule has 9 heteroatoms. The molecule has 1 aromatic carbocycles. The maximum Gasteiger partial charge on any atom is 0.258 e. The molecule has 0 aliphatic carbocycles. The summed E-state index contributed by atoms with van der Waals surface area (Å²) >= 11 is 3.53. The van der Waals surface area contributed by atoms with Crippen molar-refractivity contribution in [1.29, 1.82) is 0 Å². The average Bonchev–Trinajstić information content (AvgIpc) is 3.05. The number of rotatable bonds is 8. The molecule has 142 valence electrons. The second-order valence-electron chi connectivity index (χ2n) is 6.60. The van der Waals surface area contributed by atoms with Crippen LogP contribution in [0.3, 0.4) is 0 Å². The molecule has 1 aromatic heterocycles. The molecule has 1 amide bonds. The molecule has 2 aromatic rings. The molecule has 0 aliphatic rings. The molecule has 26 heavy (non-hydrogen) atoms. The first-order valence-electron chi connectivity index (χ1n) is 8.26. The van der Waals surface area contributed by atoms with E-state index >= 15 is 0 Å². The lowest BCUT2D eigenvalue weighted by molar-refractivity contribution is -0.124. The Balaban J connectivity index is 2.08. The maximum atomic E-state index is 12.0. The van der Waals surface area contributed by atoms with Crippen molar-refractivity contribution in [1.82, 2.24) is 20.5 Å². The van der Waals surface area contributed by atoms with Crippen molar-refractivity contribution in [2.24, 2.45) is 0 Å². The largest absolute Gasteiger partial charge is 0.490 e. The summed E-state index contributed by atoms with van der Waals surface area (Å²) in [4.78, 5) is 16.0. The Kier molecular flexibility index (Phi) is 6.84. The van der Waals surface area contributed by atoms with Gasteiger partial charge in [-0.05, 0) is 45.4 Å². The van der Waals surface area contributed by atoms with E-state index in [0.717, 1.165) is 10.0 Å². The Morgan fingerprint density at radius 2 is 2.00 bits per heavy atom. The minimum atomic E-state index is -0.306. The Morgan fingerprint density at radius 1 is 1.27 bits per heavy atom. The fourth-order valence-electron chi connectivity index (χ4n) is 2.16. The van der Waals surface area contributed by atoms with Gasteiger partial charge in [0.05, 0.1) is 6.61 Å². The van der Waals surface area contributed by atoms with E-state index in [0.29, 0.717) is 30.6 Å². The Hall–Kier alpha value is -2.29. The van der Waals surface area contributed by atoms with E-state index in [2.05, 4.69) is 41.7 Å². The van der Waals surface area contributed by atoms with E-state index < -0.39 is 0 Å². The third-order valence-electron chi connectivity index (χ3n) is 3.15. The number of amides is 1. The van der Waals surface area contributed by atoms with Gasteiger partial charge in [-0.15, -0.1) is 0 Å². The van der Waals surface area contributed by atoms with E-state index in [9.17, 15) is 4.79 Å². The van der Waals surface area contributed by atoms with E-state index in [1.807, 2.05) is 33.8 Å². The van der Waals surface area contributed by atoms with Crippen LogP contribution in [0.25, 0.3) is 0 Å². The summed E-state index contributed by atoms with van der Waals surface area (Å²) in [7, 11) is 0. The first-order chi connectivity index (χ1) is 12.3. The first-order valence-corrected chi connectivity index (χ1v) is 9.06. The van der Waals surface area contributed by atoms with Crippen LogP contribution in [0.5, 0.6) is 11.5 Å². The number of H-pyrrole nitrogens is 1. The van der Waals surface area contributed by atoms with E-state index in [1.54, 1.807) is 6.07 Å². The van der Waals surface area contributed by atoms with Gasteiger partial charge in [-0.1, -0.05) is 15.9 Å². The molecule has 0 unspecified atom stereocenters. The van der Waals surface area contributed by atoms with Gasteiger partial charge in [0.1, 0.15) is 6.33 Å². The predicted molar refractivity (Wildman–Crippen MR) is 102 cm³/mol. The van der Waals surface area contributed by atoms with Crippen LogP contribution in [0, 0.1) is 0 Å². The molecule has 8 nitrogen and oxygen atoms in total. The highest BCUT2D eigenvalue weighted by molar-refractivity contribution is 9.10. The van der Waals surface area contributed by atoms with Crippen LogP contribution >= 0.6 is 15.9 Å². The topological polar surface area (TPSA) is 101 Å². The summed E-state index contributed by atoms with van der Waals surface area (Å²) in [6, 6.07) is 3.67. The number of aromatic amines is 1. The summed E-state index contributed by atoms with van der Waals surface area (Å²) in [5.41, 5.74) is 0.649. The van der Waals surface area contributed by atoms with Gasteiger partial charge in [0.15, 0.2) is 18.1 Å². The molecular formula is C17H24BrN5O3. The minimum Gasteiger partial charge on any atom is -0.490 e. The fraction of sp³-hybridized carbons (Fsp3) is 0.471. The van der Waals surface area contributed by atoms with E-state index in [-0.39, 0.29) is 18.1 Å². The Morgan fingerprint density at radius 3 is 2.62 bits per heavy atom. The summed E-state index contributed by atoms with van der Waals surface area (Å²) in [6.45, 7) is 8.57. The van der Waals surface area contributed by atoms with Crippen molar-refractivity contribution in [3.05, 3.63) is 28.5 Å². The monoisotopic (exact) mass is 425 g/mol. The van der Waals surface area contributed by atoms with Gasteiger partial charge >= 0.3 is 0 Å². The van der Waals surface area contributed by atoms with Gasteiger partial charge in [-0.2, -0.15) is 5.10 Å².